The van der Waals surface area contributed by atoms with Crippen LogP contribution in [0.5, 0.6) is 0 Å². The number of halogens is 1. The van der Waals surface area contributed by atoms with Crippen molar-refractivity contribution in [1.82, 2.24) is 15.2 Å². The van der Waals surface area contributed by atoms with Gasteiger partial charge < -0.3 is 5.73 Å². The largest absolute Gasteiger partial charge is 0.383 e. The maximum atomic E-state index is 14.8. The molecule has 0 spiro atoms. The van der Waals surface area contributed by atoms with Crippen molar-refractivity contribution in [3.63, 3.8) is 0 Å². The van der Waals surface area contributed by atoms with E-state index in [9.17, 15) is 19.2 Å². The second-order valence-electron chi connectivity index (χ2n) is 8.31. The summed E-state index contributed by atoms with van der Waals surface area (Å²) in [5.41, 5.74) is 11.9. The lowest BCUT2D eigenvalue weighted by Crippen LogP contribution is -2.42. The van der Waals surface area contributed by atoms with Gasteiger partial charge in [-0.05, 0) is 18.9 Å². The Morgan fingerprint density at radius 1 is 1.11 bits per heavy atom. The number of carbonyl (C=O) groups is 1. The molecule has 2 heterocycles. The van der Waals surface area contributed by atoms with Crippen LogP contribution in [0.2, 0.25) is 0 Å². The molecule has 1 aromatic heterocycles. The fraction of sp³-hybridized carbons (Fsp3) is 0.154. The molecule has 174 valence electrons. The number of benzene rings is 2. The van der Waals surface area contributed by atoms with Gasteiger partial charge in [0.25, 0.3) is 5.56 Å². The van der Waals surface area contributed by atoms with E-state index in [4.69, 9.17) is 5.73 Å². The van der Waals surface area contributed by atoms with E-state index in [-0.39, 0.29) is 29.2 Å². The highest BCUT2D eigenvalue weighted by atomic mass is 19.1. The first-order valence-electron chi connectivity index (χ1n) is 11.1. The van der Waals surface area contributed by atoms with E-state index in [0.29, 0.717) is 35.5 Å². The van der Waals surface area contributed by atoms with Crippen molar-refractivity contribution in [1.29, 1.82) is 5.26 Å². The third-order valence-corrected chi connectivity index (χ3v) is 6.22. The molecule has 1 aliphatic heterocycles. The predicted molar refractivity (Wildman–Crippen MR) is 128 cm³/mol. The predicted octanol–water partition coefficient (Wildman–Crippen LogP) is 3.70. The Hall–Kier alpha value is -4.71. The van der Waals surface area contributed by atoms with E-state index in [1.54, 1.807) is 18.2 Å². The van der Waals surface area contributed by atoms with E-state index in [0.717, 1.165) is 5.56 Å². The lowest BCUT2D eigenvalue weighted by Gasteiger charge is -2.40. The second kappa shape index (κ2) is 8.91. The van der Waals surface area contributed by atoms with Crippen LogP contribution >= 0.6 is 0 Å². The number of hydrogen-bond donors (Lipinski definition) is 3. The summed E-state index contributed by atoms with van der Waals surface area (Å²) in [6.45, 7) is 0. The number of hydrazine groups is 1. The number of allylic oxidation sites excluding steroid dienone is 3. The Morgan fingerprint density at radius 2 is 1.86 bits per heavy atom. The van der Waals surface area contributed by atoms with Crippen molar-refractivity contribution in [3.8, 4) is 17.3 Å². The van der Waals surface area contributed by atoms with Crippen LogP contribution in [0.3, 0.4) is 0 Å². The molecule has 9 heteroatoms. The van der Waals surface area contributed by atoms with Gasteiger partial charge in [0.1, 0.15) is 17.3 Å². The highest BCUT2D eigenvalue weighted by Gasteiger charge is 2.41. The van der Waals surface area contributed by atoms with E-state index in [1.165, 1.54) is 17.1 Å². The zero-order chi connectivity index (χ0) is 24.5. The van der Waals surface area contributed by atoms with Gasteiger partial charge >= 0.3 is 0 Å². The van der Waals surface area contributed by atoms with Crippen LogP contribution in [0, 0.1) is 17.1 Å². The Balaban J connectivity index is 1.68. The monoisotopic (exact) mass is 468 g/mol. The Morgan fingerprint density at radius 3 is 2.60 bits per heavy atom. The fourth-order valence-corrected chi connectivity index (χ4v) is 4.66. The van der Waals surface area contributed by atoms with E-state index in [2.05, 4.69) is 21.7 Å². The van der Waals surface area contributed by atoms with Gasteiger partial charge in [-0.3, -0.25) is 15.0 Å². The molecule has 8 nitrogen and oxygen atoms in total. The average molecular weight is 468 g/mol. The Labute approximate surface area is 200 Å². The molecule has 2 aliphatic rings. The van der Waals surface area contributed by atoms with Gasteiger partial charge in [-0.15, -0.1) is 0 Å². The minimum atomic E-state index is -0.909. The second-order valence-corrected chi connectivity index (χ2v) is 8.31. The molecule has 0 radical (unpaired) electrons. The van der Waals surface area contributed by atoms with E-state index in [1.807, 2.05) is 30.3 Å². The molecule has 4 N–H and O–H groups in total. The molecule has 0 amide bonds. The molecular formula is C26H21FN6O2. The van der Waals surface area contributed by atoms with Crippen LogP contribution in [0.25, 0.3) is 11.3 Å². The van der Waals surface area contributed by atoms with Gasteiger partial charge in [0.15, 0.2) is 5.78 Å². The van der Waals surface area contributed by atoms with Crippen molar-refractivity contribution >= 4 is 11.5 Å². The number of aromatic amines is 1. The fourth-order valence-electron chi connectivity index (χ4n) is 4.66. The van der Waals surface area contributed by atoms with Crippen molar-refractivity contribution in [2.45, 2.75) is 25.2 Å². The minimum absolute atomic E-state index is 0.0356. The number of nitriles is 1. The number of ketones is 1. The molecule has 0 saturated heterocycles. The normalized spacial score (nSPS) is 17.8. The molecule has 3 aromatic rings. The number of nitrogens with zero attached hydrogens (tertiary/aromatic N) is 3. The smallest absolute Gasteiger partial charge is 0.266 e. The highest BCUT2D eigenvalue weighted by molar-refractivity contribution is 6.00. The van der Waals surface area contributed by atoms with Crippen LogP contribution in [0.4, 0.5) is 10.1 Å². The number of H-pyrrole nitrogens is 1. The van der Waals surface area contributed by atoms with Crippen LogP contribution in [-0.4, -0.2) is 21.0 Å². The summed E-state index contributed by atoms with van der Waals surface area (Å²) in [5.74, 6) is -1.56. The molecule has 35 heavy (non-hydrogen) atoms. The van der Waals surface area contributed by atoms with Crippen molar-refractivity contribution in [2.24, 2.45) is 5.73 Å². The molecule has 5 rings (SSSR count). The molecule has 1 atom stereocenters. The lowest BCUT2D eigenvalue weighted by molar-refractivity contribution is -0.116. The summed E-state index contributed by atoms with van der Waals surface area (Å²) < 4.78 is 14.8. The molecule has 1 aliphatic carbocycles. The minimum Gasteiger partial charge on any atom is -0.383 e. The van der Waals surface area contributed by atoms with Gasteiger partial charge in [0.05, 0.1) is 23.2 Å². The molecular weight excluding hydrogens is 447 g/mol. The summed E-state index contributed by atoms with van der Waals surface area (Å²) in [7, 11) is 0. The maximum Gasteiger partial charge on any atom is 0.266 e. The van der Waals surface area contributed by atoms with Gasteiger partial charge in [0, 0.05) is 34.9 Å². The van der Waals surface area contributed by atoms with Crippen LogP contribution < -0.4 is 16.7 Å². The number of hydrogen-bond acceptors (Lipinski definition) is 7. The standard InChI is InChI=1S/C26H21FN6O2/c27-18-10-5-4-9-16(18)23-17(14-28)26(29)33(20-11-6-12-21(34)24(20)23)32-19-13-22(35)30-31-25(19)15-7-2-1-3-8-15/h1-5,7-10,13,23H,6,11-12,29H2,(H2,30,32,35). The molecule has 0 saturated carbocycles. The summed E-state index contributed by atoms with van der Waals surface area (Å²) in [6.07, 6.45) is 1.35. The molecule has 2 aromatic carbocycles. The van der Waals surface area contributed by atoms with Crippen LogP contribution in [0.15, 0.2) is 88.1 Å². The summed E-state index contributed by atoms with van der Waals surface area (Å²) in [6, 6.07) is 18.7. The summed E-state index contributed by atoms with van der Waals surface area (Å²) >= 11 is 0. The van der Waals surface area contributed by atoms with Crippen LogP contribution in [-0.2, 0) is 4.79 Å². The van der Waals surface area contributed by atoms with Crippen molar-refractivity contribution < 1.29 is 9.18 Å². The van der Waals surface area contributed by atoms with Crippen molar-refractivity contribution in [3.05, 3.63) is 105 Å². The molecule has 0 fully saturated rings. The number of nitrogens with one attached hydrogen (secondary N) is 2. The Bertz CT molecular complexity index is 1490. The van der Waals surface area contributed by atoms with Crippen LogP contribution in [0.1, 0.15) is 30.7 Å². The van der Waals surface area contributed by atoms with Gasteiger partial charge in [-0.25, -0.2) is 14.5 Å². The zero-order valence-corrected chi connectivity index (χ0v) is 18.6. The van der Waals surface area contributed by atoms with Gasteiger partial charge in [0.2, 0.25) is 0 Å². The zero-order valence-electron chi connectivity index (χ0n) is 18.6. The highest BCUT2D eigenvalue weighted by Crippen LogP contribution is 2.45. The average Bonchev–Trinajstić information content (AvgIpc) is 2.86. The number of nitrogens with two attached hydrogens (primary N) is 1. The topological polar surface area (TPSA) is 128 Å². The summed E-state index contributed by atoms with van der Waals surface area (Å²) in [5, 5.41) is 18.1. The lowest BCUT2D eigenvalue weighted by atomic mass is 9.76. The number of rotatable bonds is 4. The molecule has 1 unspecified atom stereocenters. The first kappa shape index (κ1) is 22.1. The first-order chi connectivity index (χ1) is 17.0. The number of Topliss-reactive ketones (excluding diaryl/α,β-unsaturated/α-hetero) is 1. The third-order valence-electron chi connectivity index (χ3n) is 6.22. The Kier molecular flexibility index (Phi) is 5.63. The summed E-state index contributed by atoms with van der Waals surface area (Å²) in [4.78, 5) is 25.3. The first-order valence-corrected chi connectivity index (χ1v) is 11.1. The number of aromatic nitrogens is 2. The van der Waals surface area contributed by atoms with Crippen molar-refractivity contribution in [2.75, 3.05) is 5.43 Å². The third kappa shape index (κ3) is 3.85. The van der Waals surface area contributed by atoms with E-state index >= 15 is 0 Å². The van der Waals surface area contributed by atoms with E-state index < -0.39 is 17.3 Å². The number of anilines is 1. The quantitative estimate of drug-likeness (QED) is 0.533. The van der Waals surface area contributed by atoms with Gasteiger partial charge in [-0.1, -0.05) is 48.5 Å². The maximum absolute atomic E-state index is 14.8. The molecule has 0 bridgehead atoms. The SMILES string of the molecule is N#CC1=C(N)N(Nc2cc(=O)[nH]nc2-c2ccccc2)C2=C(C(=O)CCC2)C1c1ccccc1F. The number of carbonyl (C=O) groups excluding carboxylic acids is 1. The van der Waals surface area contributed by atoms with Gasteiger partial charge in [-0.2, -0.15) is 10.4 Å².